The number of rotatable bonds is 6. The summed E-state index contributed by atoms with van der Waals surface area (Å²) in [6.07, 6.45) is 2.13. The second kappa shape index (κ2) is 7.86. The summed E-state index contributed by atoms with van der Waals surface area (Å²) in [5, 5.41) is 2.97. The van der Waals surface area contributed by atoms with E-state index in [-0.39, 0.29) is 0 Å². The minimum Gasteiger partial charge on any atom is -0.475 e. The molecule has 0 spiro atoms. The molecule has 1 N–H and O–H groups in total. The Kier molecular flexibility index (Phi) is 6.64. The van der Waals surface area contributed by atoms with Crippen LogP contribution in [0.25, 0.3) is 0 Å². The molecule has 0 saturated heterocycles. The average molecular weight is 336 g/mol. The van der Waals surface area contributed by atoms with E-state index >= 15 is 0 Å². The summed E-state index contributed by atoms with van der Waals surface area (Å²) in [5.41, 5.74) is 1.02. The predicted octanol–water partition coefficient (Wildman–Crippen LogP) is 4.41. The summed E-state index contributed by atoms with van der Waals surface area (Å²) in [6, 6.07) is 2.03. The molecule has 0 radical (unpaired) electrons. The second-order valence-electron chi connectivity index (χ2n) is 8.21. The fourth-order valence-corrected chi connectivity index (χ4v) is 2.68. The number of hydrogen-bond acceptors (Lipinski definition) is 4. The van der Waals surface area contributed by atoms with Crippen LogP contribution in [0.1, 0.15) is 59.1 Å². The standard InChI is InChI=1S/C19H32N2O3/c1-13(2)10-19(8,21-17(22)24-18(5,6)7)12-23-16-15(4)9-14(3)11-20-16/h9,11,13H,10,12H2,1-8H3,(H,21,22)/t19-/m0/s1. The Hall–Kier alpha value is -1.78. The maximum absolute atomic E-state index is 12.2. The molecule has 5 nitrogen and oxygen atoms in total. The predicted molar refractivity (Wildman–Crippen MR) is 96.4 cm³/mol. The monoisotopic (exact) mass is 336 g/mol. The molecular formula is C19H32N2O3. The molecule has 0 aliphatic heterocycles. The number of nitrogens with one attached hydrogen (secondary N) is 1. The summed E-state index contributed by atoms with van der Waals surface area (Å²) in [4.78, 5) is 16.5. The second-order valence-corrected chi connectivity index (χ2v) is 8.21. The molecule has 5 heteroatoms. The van der Waals surface area contributed by atoms with Gasteiger partial charge in [0.15, 0.2) is 0 Å². The number of pyridine rings is 1. The van der Waals surface area contributed by atoms with Crippen molar-refractivity contribution in [2.45, 2.75) is 73.0 Å². The quantitative estimate of drug-likeness (QED) is 0.836. The smallest absolute Gasteiger partial charge is 0.408 e. The summed E-state index contributed by atoms with van der Waals surface area (Å²) < 4.78 is 11.3. The molecular weight excluding hydrogens is 304 g/mol. The number of alkyl carbamates (subject to hydrolysis) is 1. The molecule has 0 saturated carbocycles. The van der Waals surface area contributed by atoms with E-state index in [0.717, 1.165) is 17.5 Å². The Bertz CT molecular complexity index is 564. The van der Waals surface area contributed by atoms with Gasteiger partial charge in [-0.25, -0.2) is 9.78 Å². The number of aryl methyl sites for hydroxylation is 2. The molecule has 0 aromatic carbocycles. The molecule has 1 heterocycles. The van der Waals surface area contributed by atoms with E-state index < -0.39 is 17.2 Å². The van der Waals surface area contributed by atoms with Gasteiger partial charge in [-0.15, -0.1) is 0 Å². The zero-order valence-corrected chi connectivity index (χ0v) is 16.3. The van der Waals surface area contributed by atoms with Crippen molar-refractivity contribution in [2.24, 2.45) is 5.92 Å². The fourth-order valence-electron chi connectivity index (χ4n) is 2.68. The third kappa shape index (κ3) is 7.20. The first-order valence-electron chi connectivity index (χ1n) is 8.47. The lowest BCUT2D eigenvalue weighted by Gasteiger charge is -2.33. The molecule has 0 fully saturated rings. The summed E-state index contributed by atoms with van der Waals surface area (Å²) >= 11 is 0. The first-order valence-corrected chi connectivity index (χ1v) is 8.47. The summed E-state index contributed by atoms with van der Waals surface area (Å²) in [6.45, 7) is 16.1. The number of carbonyl (C=O) groups is 1. The maximum Gasteiger partial charge on any atom is 0.408 e. The number of carbonyl (C=O) groups excluding carboxylic acids is 1. The van der Waals surface area contributed by atoms with Gasteiger partial charge < -0.3 is 14.8 Å². The van der Waals surface area contributed by atoms with Crippen LogP contribution in [0.4, 0.5) is 4.79 Å². The minimum absolute atomic E-state index is 0.335. The summed E-state index contributed by atoms with van der Waals surface area (Å²) in [5.74, 6) is 1.00. The van der Waals surface area contributed by atoms with E-state index in [1.54, 1.807) is 6.20 Å². The van der Waals surface area contributed by atoms with Crippen molar-refractivity contribution >= 4 is 6.09 Å². The number of amides is 1. The first kappa shape index (κ1) is 20.3. The molecule has 1 aromatic rings. The minimum atomic E-state index is -0.532. The van der Waals surface area contributed by atoms with Gasteiger partial charge in [0.25, 0.3) is 0 Å². The zero-order chi connectivity index (χ0) is 18.5. The Balaban J connectivity index is 2.81. The third-order valence-electron chi connectivity index (χ3n) is 3.36. The van der Waals surface area contributed by atoms with Gasteiger partial charge in [0.1, 0.15) is 12.2 Å². The highest BCUT2D eigenvalue weighted by Gasteiger charge is 2.31. The molecule has 24 heavy (non-hydrogen) atoms. The van der Waals surface area contributed by atoms with E-state index in [1.807, 2.05) is 47.6 Å². The Morgan fingerprint density at radius 3 is 2.38 bits per heavy atom. The highest BCUT2D eigenvalue weighted by atomic mass is 16.6. The normalized spacial score (nSPS) is 14.2. The highest BCUT2D eigenvalue weighted by molar-refractivity contribution is 5.68. The van der Waals surface area contributed by atoms with Crippen LogP contribution in [0.2, 0.25) is 0 Å². The van der Waals surface area contributed by atoms with Crippen LogP contribution in [-0.2, 0) is 4.74 Å². The van der Waals surface area contributed by atoms with Crippen LogP contribution in [0.15, 0.2) is 12.3 Å². The lowest BCUT2D eigenvalue weighted by molar-refractivity contribution is 0.0405. The molecule has 0 aliphatic carbocycles. The van der Waals surface area contributed by atoms with Gasteiger partial charge in [0.2, 0.25) is 5.88 Å². The van der Waals surface area contributed by atoms with Gasteiger partial charge in [-0.05, 0) is 65.5 Å². The third-order valence-corrected chi connectivity index (χ3v) is 3.36. The zero-order valence-electron chi connectivity index (χ0n) is 16.3. The van der Waals surface area contributed by atoms with Crippen molar-refractivity contribution in [3.8, 4) is 5.88 Å². The van der Waals surface area contributed by atoms with Crippen LogP contribution in [0.3, 0.4) is 0 Å². The summed E-state index contributed by atoms with van der Waals surface area (Å²) in [7, 11) is 0. The lowest BCUT2D eigenvalue weighted by Crippen LogP contribution is -2.52. The average Bonchev–Trinajstić information content (AvgIpc) is 2.33. The number of ether oxygens (including phenoxy) is 2. The van der Waals surface area contributed by atoms with E-state index in [0.29, 0.717) is 18.4 Å². The van der Waals surface area contributed by atoms with Crippen molar-refractivity contribution in [2.75, 3.05) is 6.61 Å². The van der Waals surface area contributed by atoms with Crippen molar-refractivity contribution in [3.63, 3.8) is 0 Å². The molecule has 1 atom stereocenters. The van der Waals surface area contributed by atoms with Crippen LogP contribution >= 0.6 is 0 Å². The van der Waals surface area contributed by atoms with E-state index in [2.05, 4.69) is 24.1 Å². The number of nitrogens with zero attached hydrogens (tertiary/aromatic N) is 1. The molecule has 1 amide bonds. The van der Waals surface area contributed by atoms with E-state index in [9.17, 15) is 4.79 Å². The van der Waals surface area contributed by atoms with Crippen molar-refractivity contribution < 1.29 is 14.3 Å². The Morgan fingerprint density at radius 1 is 1.25 bits per heavy atom. The first-order chi connectivity index (χ1) is 10.9. The molecule has 1 rings (SSSR count). The van der Waals surface area contributed by atoms with Gasteiger partial charge >= 0.3 is 6.09 Å². The van der Waals surface area contributed by atoms with Gasteiger partial charge in [-0.1, -0.05) is 13.8 Å². The van der Waals surface area contributed by atoms with Gasteiger partial charge in [-0.3, -0.25) is 0 Å². The molecule has 0 bridgehead atoms. The van der Waals surface area contributed by atoms with Crippen LogP contribution in [-0.4, -0.2) is 28.8 Å². The van der Waals surface area contributed by atoms with Crippen LogP contribution in [0.5, 0.6) is 5.88 Å². The Labute approximate surface area is 146 Å². The van der Waals surface area contributed by atoms with Crippen molar-refractivity contribution in [3.05, 3.63) is 23.4 Å². The fraction of sp³-hybridized carbons (Fsp3) is 0.684. The maximum atomic E-state index is 12.2. The Morgan fingerprint density at radius 2 is 1.88 bits per heavy atom. The number of hydrogen-bond donors (Lipinski definition) is 1. The topological polar surface area (TPSA) is 60.5 Å². The molecule has 0 unspecified atom stereocenters. The highest BCUT2D eigenvalue weighted by Crippen LogP contribution is 2.21. The van der Waals surface area contributed by atoms with Gasteiger partial charge in [-0.2, -0.15) is 0 Å². The van der Waals surface area contributed by atoms with E-state index in [1.165, 1.54) is 0 Å². The molecule has 136 valence electrons. The number of aromatic nitrogens is 1. The van der Waals surface area contributed by atoms with E-state index in [4.69, 9.17) is 9.47 Å². The van der Waals surface area contributed by atoms with Crippen LogP contribution < -0.4 is 10.1 Å². The lowest BCUT2D eigenvalue weighted by atomic mass is 9.91. The van der Waals surface area contributed by atoms with Crippen molar-refractivity contribution in [1.29, 1.82) is 0 Å². The molecule has 0 aliphatic rings. The van der Waals surface area contributed by atoms with Crippen LogP contribution in [0, 0.1) is 19.8 Å². The van der Waals surface area contributed by atoms with Gasteiger partial charge in [0, 0.05) is 11.8 Å². The largest absolute Gasteiger partial charge is 0.475 e. The van der Waals surface area contributed by atoms with Gasteiger partial charge in [0.05, 0.1) is 5.54 Å². The molecule has 1 aromatic heterocycles. The SMILES string of the molecule is Cc1cnc(OC[C@](C)(CC(C)C)NC(=O)OC(C)(C)C)c(C)c1. The van der Waals surface area contributed by atoms with Crippen molar-refractivity contribution in [1.82, 2.24) is 10.3 Å².